The third-order valence-electron chi connectivity index (χ3n) is 9.68. The lowest BCUT2D eigenvalue weighted by molar-refractivity contribution is 0.670. The summed E-state index contributed by atoms with van der Waals surface area (Å²) in [5, 5.41) is 4.41. The zero-order valence-electron chi connectivity index (χ0n) is 28.5. The monoisotopic (exact) mass is 669 g/mol. The van der Waals surface area contributed by atoms with Crippen molar-refractivity contribution in [3.63, 3.8) is 0 Å². The summed E-state index contributed by atoms with van der Waals surface area (Å²) in [6.07, 6.45) is 8.97. The van der Waals surface area contributed by atoms with Gasteiger partial charge in [0.25, 0.3) is 0 Å². The Morgan fingerprint density at radius 1 is 0.615 bits per heavy atom. The molecular weight excluding hydrogens is 635 g/mol. The van der Waals surface area contributed by atoms with Gasteiger partial charge in [-0.2, -0.15) is 0 Å². The summed E-state index contributed by atoms with van der Waals surface area (Å²) in [6, 6.07) is 56.9. The zero-order chi connectivity index (χ0) is 34.9. The van der Waals surface area contributed by atoms with Gasteiger partial charge in [-0.05, 0) is 70.9 Å². The Morgan fingerprint density at radius 2 is 1.31 bits per heavy atom. The molecule has 248 valence electrons. The number of benzene rings is 7. The van der Waals surface area contributed by atoms with Gasteiger partial charge in [-0.25, -0.2) is 0 Å². The second-order valence-corrected chi connectivity index (χ2v) is 12.9. The molecule has 0 amide bonds. The van der Waals surface area contributed by atoms with Crippen LogP contribution < -0.4 is 10.6 Å². The van der Waals surface area contributed by atoms with Crippen molar-refractivity contribution >= 4 is 66.9 Å². The maximum Gasteiger partial charge on any atom is 0.143 e. The van der Waals surface area contributed by atoms with Crippen molar-refractivity contribution in [3.8, 4) is 11.1 Å². The number of allylic oxidation sites excluding steroid dienone is 4. The molecule has 1 aromatic heterocycles. The molecule has 7 aromatic carbocycles. The number of hydrogen-bond donors (Lipinski definition) is 1. The Kier molecular flexibility index (Phi) is 8.03. The third-order valence-corrected chi connectivity index (χ3v) is 9.68. The molecule has 0 unspecified atom stereocenters. The highest BCUT2D eigenvalue weighted by molar-refractivity contribution is 6.16. The van der Waals surface area contributed by atoms with E-state index in [2.05, 4.69) is 138 Å². The number of nitrogens with zero attached hydrogens (tertiary/aromatic N) is 2. The second-order valence-electron chi connectivity index (χ2n) is 12.9. The molecule has 8 aromatic rings. The Labute approximate surface area is 302 Å². The number of nitrogens with two attached hydrogens (primary N) is 1. The number of rotatable bonds is 7. The summed E-state index contributed by atoms with van der Waals surface area (Å²) in [4.78, 5) is 7.42. The Morgan fingerprint density at radius 3 is 2.10 bits per heavy atom. The molecule has 0 fully saturated rings. The van der Waals surface area contributed by atoms with E-state index in [1.165, 1.54) is 10.8 Å². The number of aliphatic imine (C=N–C) groups is 1. The minimum absolute atomic E-state index is 0.606. The number of para-hydroxylation sites is 2. The van der Waals surface area contributed by atoms with Crippen molar-refractivity contribution < 1.29 is 4.42 Å². The SMILES string of the molecule is N/C(=C(\N=C1\C=CC=CC1)c1ccccc1)c1ccc(-c2ccc(N(c3ccccc3)c3ccc4ccccc4c3)cc2)c2oc3ccccc3c12. The van der Waals surface area contributed by atoms with Crippen LogP contribution in [0.3, 0.4) is 0 Å². The van der Waals surface area contributed by atoms with Crippen molar-refractivity contribution in [2.75, 3.05) is 4.90 Å². The van der Waals surface area contributed by atoms with Crippen LogP contribution in [0.25, 0.3) is 55.2 Å². The predicted molar refractivity (Wildman–Crippen MR) is 219 cm³/mol. The highest BCUT2D eigenvalue weighted by atomic mass is 16.3. The van der Waals surface area contributed by atoms with E-state index in [-0.39, 0.29) is 0 Å². The molecule has 1 heterocycles. The van der Waals surface area contributed by atoms with Crippen molar-refractivity contribution in [1.82, 2.24) is 0 Å². The molecule has 0 aliphatic heterocycles. The summed E-state index contributed by atoms with van der Waals surface area (Å²) < 4.78 is 6.68. The van der Waals surface area contributed by atoms with E-state index in [1.54, 1.807) is 0 Å². The van der Waals surface area contributed by atoms with Gasteiger partial charge >= 0.3 is 0 Å². The summed E-state index contributed by atoms with van der Waals surface area (Å²) in [7, 11) is 0. The number of furan rings is 1. The molecule has 0 bridgehead atoms. The average molecular weight is 670 g/mol. The largest absolute Gasteiger partial charge is 0.455 e. The van der Waals surface area contributed by atoms with Crippen molar-refractivity contribution in [2.45, 2.75) is 6.42 Å². The highest BCUT2D eigenvalue weighted by Gasteiger charge is 2.21. The molecule has 0 radical (unpaired) electrons. The lowest BCUT2D eigenvalue weighted by Crippen LogP contribution is -2.09. The maximum atomic E-state index is 7.18. The summed E-state index contributed by atoms with van der Waals surface area (Å²) >= 11 is 0. The van der Waals surface area contributed by atoms with Crippen LogP contribution in [0, 0.1) is 0 Å². The molecule has 9 rings (SSSR count). The minimum Gasteiger partial charge on any atom is -0.455 e. The second kappa shape index (κ2) is 13.4. The molecule has 0 atom stereocenters. The molecular formula is C48H35N3O. The van der Waals surface area contributed by atoms with Crippen molar-refractivity contribution in [1.29, 1.82) is 0 Å². The maximum absolute atomic E-state index is 7.18. The first-order chi connectivity index (χ1) is 25.7. The van der Waals surface area contributed by atoms with Gasteiger partial charge in [0.15, 0.2) is 0 Å². The Hall–Kier alpha value is -6.91. The minimum atomic E-state index is 0.606. The predicted octanol–water partition coefficient (Wildman–Crippen LogP) is 12.6. The Bertz CT molecular complexity index is 2700. The van der Waals surface area contributed by atoms with Gasteiger partial charge in [0.2, 0.25) is 0 Å². The third kappa shape index (κ3) is 5.76. The number of hydrogen-bond acceptors (Lipinski definition) is 4. The van der Waals surface area contributed by atoms with Gasteiger partial charge in [-0.15, -0.1) is 0 Å². The first-order valence-corrected chi connectivity index (χ1v) is 17.6. The molecule has 0 saturated heterocycles. The van der Waals surface area contributed by atoms with Crippen LogP contribution in [0.2, 0.25) is 0 Å². The van der Waals surface area contributed by atoms with Gasteiger partial charge in [0, 0.05) is 56.7 Å². The fourth-order valence-electron chi connectivity index (χ4n) is 7.14. The smallest absolute Gasteiger partial charge is 0.143 e. The van der Waals surface area contributed by atoms with E-state index in [4.69, 9.17) is 15.1 Å². The van der Waals surface area contributed by atoms with Crippen molar-refractivity contribution in [3.05, 3.63) is 199 Å². The summed E-state index contributed by atoms with van der Waals surface area (Å²) in [5.74, 6) is 0. The first kappa shape index (κ1) is 31.1. The summed E-state index contributed by atoms with van der Waals surface area (Å²) in [5.41, 5.74) is 18.3. The van der Waals surface area contributed by atoms with Crippen LogP contribution in [0.15, 0.2) is 198 Å². The van der Waals surface area contributed by atoms with Gasteiger partial charge < -0.3 is 15.1 Å². The topological polar surface area (TPSA) is 54.8 Å². The first-order valence-electron chi connectivity index (χ1n) is 17.6. The number of fused-ring (bicyclic) bond motifs is 4. The van der Waals surface area contributed by atoms with Gasteiger partial charge in [-0.3, -0.25) is 4.99 Å². The van der Waals surface area contributed by atoms with E-state index in [0.29, 0.717) is 5.70 Å². The number of anilines is 3. The molecule has 4 nitrogen and oxygen atoms in total. The molecule has 4 heteroatoms. The van der Waals surface area contributed by atoms with Crippen LogP contribution in [0.5, 0.6) is 0 Å². The highest BCUT2D eigenvalue weighted by Crippen LogP contribution is 2.42. The Balaban J connectivity index is 1.18. The van der Waals surface area contributed by atoms with E-state index in [1.807, 2.05) is 54.6 Å². The van der Waals surface area contributed by atoms with Gasteiger partial charge in [-0.1, -0.05) is 133 Å². The lowest BCUT2D eigenvalue weighted by atomic mass is 9.95. The van der Waals surface area contributed by atoms with Crippen molar-refractivity contribution in [2.24, 2.45) is 10.7 Å². The molecule has 1 aliphatic carbocycles. The molecule has 0 spiro atoms. The van der Waals surface area contributed by atoms with E-state index >= 15 is 0 Å². The average Bonchev–Trinajstić information content (AvgIpc) is 3.61. The van der Waals surface area contributed by atoms with Crippen LogP contribution in [0.4, 0.5) is 17.1 Å². The van der Waals surface area contributed by atoms with E-state index in [9.17, 15) is 0 Å². The lowest BCUT2D eigenvalue weighted by Gasteiger charge is -2.26. The van der Waals surface area contributed by atoms with Gasteiger partial charge in [0.1, 0.15) is 11.2 Å². The van der Waals surface area contributed by atoms with E-state index < -0.39 is 0 Å². The normalized spacial score (nSPS) is 14.0. The zero-order valence-corrected chi connectivity index (χ0v) is 28.5. The fourth-order valence-corrected chi connectivity index (χ4v) is 7.14. The van der Waals surface area contributed by atoms with Crippen LogP contribution in [0.1, 0.15) is 17.5 Å². The fraction of sp³-hybridized carbons (Fsp3) is 0.0208. The van der Waals surface area contributed by atoms with Crippen LogP contribution >= 0.6 is 0 Å². The molecule has 2 N–H and O–H groups in total. The molecule has 52 heavy (non-hydrogen) atoms. The summed E-state index contributed by atoms with van der Waals surface area (Å²) in [6.45, 7) is 0. The molecule has 1 aliphatic rings. The quantitative estimate of drug-likeness (QED) is 0.172. The van der Waals surface area contributed by atoms with E-state index in [0.717, 1.165) is 79.1 Å². The van der Waals surface area contributed by atoms with Gasteiger partial charge in [0.05, 0.1) is 11.4 Å². The standard InChI is InChI=1S/C48H35N3O/c49-46(47(35-15-4-1-5-16-35)50-37-18-6-2-7-19-37)43-31-30-41(48-45(43)42-22-12-13-23-44(42)52-48)34-25-27-39(28-26-34)51(38-20-8-3-9-21-38)40-29-24-33-14-10-11-17-36(33)32-40/h1-18,20-32H,19,49H2/b47-46-,50-37-. The van der Waals surface area contributed by atoms with Crippen LogP contribution in [-0.4, -0.2) is 5.71 Å². The molecule has 0 saturated carbocycles. The van der Waals surface area contributed by atoms with Crippen LogP contribution in [-0.2, 0) is 0 Å².